The average Bonchev–Trinajstić information content (AvgIpc) is 2.78. The largest absolute Gasteiger partial charge is 0.468 e. The Hall–Kier alpha value is -0.320. The van der Waals surface area contributed by atoms with E-state index in [4.69, 9.17) is 4.42 Å². The molecule has 74 valence electrons. The van der Waals surface area contributed by atoms with Crippen LogP contribution in [0.15, 0.2) is 39.2 Å². The van der Waals surface area contributed by atoms with Crippen LogP contribution < -0.4 is 0 Å². The number of aryl methyl sites for hydroxylation is 1. The van der Waals surface area contributed by atoms with Gasteiger partial charge in [0.25, 0.3) is 0 Å². The second-order valence-corrected chi connectivity index (χ2v) is 6.22. The van der Waals surface area contributed by atoms with E-state index in [-0.39, 0.29) is 0 Å². The summed E-state index contributed by atoms with van der Waals surface area (Å²) in [6.07, 6.45) is 1.72. The van der Waals surface area contributed by atoms with Gasteiger partial charge in [0.2, 0.25) is 0 Å². The van der Waals surface area contributed by atoms with Gasteiger partial charge in [-0.2, -0.15) is 0 Å². The second kappa shape index (κ2) is 4.96. The molecular formula is C10H10OS3. The van der Waals surface area contributed by atoms with Crippen LogP contribution in [0.3, 0.4) is 0 Å². The molecule has 0 aliphatic carbocycles. The van der Waals surface area contributed by atoms with Crippen LogP contribution in [0, 0.1) is 6.92 Å². The molecule has 2 aromatic heterocycles. The molecule has 0 bridgehead atoms. The van der Waals surface area contributed by atoms with Crippen molar-refractivity contribution in [3.8, 4) is 0 Å². The summed E-state index contributed by atoms with van der Waals surface area (Å²) in [5, 5.41) is 2.13. The van der Waals surface area contributed by atoms with Crippen LogP contribution in [0.5, 0.6) is 0 Å². The number of rotatable bonds is 4. The minimum absolute atomic E-state index is 0.924. The maximum absolute atomic E-state index is 5.25. The smallest absolute Gasteiger partial charge is 0.114 e. The van der Waals surface area contributed by atoms with Gasteiger partial charge in [0.05, 0.1) is 12.0 Å². The molecule has 14 heavy (non-hydrogen) atoms. The monoisotopic (exact) mass is 242 g/mol. The highest BCUT2D eigenvalue weighted by molar-refractivity contribution is 8.76. The van der Waals surface area contributed by atoms with Gasteiger partial charge in [-0.3, -0.25) is 0 Å². The van der Waals surface area contributed by atoms with Crippen molar-refractivity contribution in [1.29, 1.82) is 0 Å². The van der Waals surface area contributed by atoms with E-state index in [9.17, 15) is 0 Å². The van der Waals surface area contributed by atoms with E-state index >= 15 is 0 Å². The van der Waals surface area contributed by atoms with Gasteiger partial charge in [-0.25, -0.2) is 0 Å². The van der Waals surface area contributed by atoms with Gasteiger partial charge in [-0.05, 0) is 30.5 Å². The fraction of sp³-hybridized carbons (Fsp3) is 0.200. The second-order valence-electron chi connectivity index (χ2n) is 2.77. The Balaban J connectivity index is 1.81. The molecule has 0 saturated heterocycles. The first kappa shape index (κ1) is 10.2. The standard InChI is InChI=1S/C10H10OS3/c1-8-10(4-6-12-8)14-13-7-9-3-2-5-11-9/h2-6H,7H2,1H3. The molecule has 0 unspecified atom stereocenters. The first-order valence-corrected chi connectivity index (χ1v) is 7.42. The van der Waals surface area contributed by atoms with Gasteiger partial charge < -0.3 is 4.42 Å². The van der Waals surface area contributed by atoms with E-state index in [2.05, 4.69) is 18.4 Å². The number of furan rings is 1. The predicted octanol–water partition coefficient (Wildman–Crippen LogP) is 4.59. The van der Waals surface area contributed by atoms with Crippen molar-refractivity contribution in [3.05, 3.63) is 40.5 Å². The van der Waals surface area contributed by atoms with Gasteiger partial charge in [0, 0.05) is 9.77 Å². The summed E-state index contributed by atoms with van der Waals surface area (Å²) < 4.78 is 5.25. The summed E-state index contributed by atoms with van der Waals surface area (Å²) >= 11 is 1.79. The zero-order valence-electron chi connectivity index (χ0n) is 7.73. The molecule has 0 aliphatic rings. The van der Waals surface area contributed by atoms with Crippen LogP contribution in [0.1, 0.15) is 10.6 Å². The molecule has 0 fully saturated rings. The van der Waals surface area contributed by atoms with E-state index in [1.165, 1.54) is 9.77 Å². The Morgan fingerprint density at radius 3 is 3.00 bits per heavy atom. The highest BCUT2D eigenvalue weighted by Crippen LogP contribution is 2.37. The van der Waals surface area contributed by atoms with Crippen LogP contribution in [0.25, 0.3) is 0 Å². The number of thiophene rings is 1. The molecular weight excluding hydrogens is 232 g/mol. The maximum atomic E-state index is 5.25. The normalized spacial score (nSPS) is 10.6. The zero-order valence-corrected chi connectivity index (χ0v) is 10.2. The number of hydrogen-bond donors (Lipinski definition) is 0. The van der Waals surface area contributed by atoms with Crippen molar-refractivity contribution in [3.63, 3.8) is 0 Å². The lowest BCUT2D eigenvalue weighted by molar-refractivity contribution is 0.530. The Labute approximate surface area is 95.3 Å². The SMILES string of the molecule is Cc1sccc1SSCc1ccco1. The van der Waals surface area contributed by atoms with Gasteiger partial charge >= 0.3 is 0 Å². The van der Waals surface area contributed by atoms with Crippen LogP contribution >= 0.6 is 32.9 Å². The fourth-order valence-electron chi connectivity index (χ4n) is 1.01. The van der Waals surface area contributed by atoms with Gasteiger partial charge in [0.15, 0.2) is 0 Å². The van der Waals surface area contributed by atoms with E-state index in [1.54, 1.807) is 17.6 Å². The van der Waals surface area contributed by atoms with Crippen LogP contribution in [0.2, 0.25) is 0 Å². The van der Waals surface area contributed by atoms with Crippen LogP contribution in [0.4, 0.5) is 0 Å². The third-order valence-electron chi connectivity index (χ3n) is 1.74. The van der Waals surface area contributed by atoms with Crippen molar-refractivity contribution in [2.75, 3.05) is 0 Å². The summed E-state index contributed by atoms with van der Waals surface area (Å²) in [4.78, 5) is 2.76. The minimum atomic E-state index is 0.924. The average molecular weight is 242 g/mol. The third-order valence-corrected chi connectivity index (χ3v) is 5.10. The van der Waals surface area contributed by atoms with Crippen LogP contribution in [-0.2, 0) is 5.75 Å². The molecule has 0 spiro atoms. The van der Waals surface area contributed by atoms with E-state index in [0.29, 0.717) is 0 Å². The van der Waals surface area contributed by atoms with E-state index in [0.717, 1.165) is 11.5 Å². The third kappa shape index (κ3) is 2.59. The quantitative estimate of drug-likeness (QED) is 0.728. The molecule has 0 aliphatic heterocycles. The molecule has 0 N–H and O–H groups in total. The van der Waals surface area contributed by atoms with E-state index in [1.807, 2.05) is 33.7 Å². The van der Waals surface area contributed by atoms with Crippen molar-refractivity contribution in [2.24, 2.45) is 0 Å². The maximum Gasteiger partial charge on any atom is 0.114 e. The highest BCUT2D eigenvalue weighted by atomic mass is 33.1. The Kier molecular flexibility index (Phi) is 3.61. The number of hydrogen-bond acceptors (Lipinski definition) is 4. The molecule has 2 aromatic rings. The van der Waals surface area contributed by atoms with Crippen LogP contribution in [-0.4, -0.2) is 0 Å². The predicted molar refractivity (Wildman–Crippen MR) is 64.9 cm³/mol. The molecule has 4 heteroatoms. The van der Waals surface area contributed by atoms with Crippen molar-refractivity contribution in [1.82, 2.24) is 0 Å². The lowest BCUT2D eigenvalue weighted by atomic mass is 10.5. The fourth-order valence-corrected chi connectivity index (χ4v) is 4.27. The van der Waals surface area contributed by atoms with Gasteiger partial charge in [0.1, 0.15) is 5.76 Å². The van der Waals surface area contributed by atoms with Crippen molar-refractivity contribution >= 4 is 32.9 Å². The van der Waals surface area contributed by atoms with Crippen molar-refractivity contribution < 1.29 is 4.42 Å². The first-order chi connectivity index (χ1) is 6.86. The summed E-state index contributed by atoms with van der Waals surface area (Å²) in [6, 6.07) is 6.10. The Bertz CT molecular complexity index is 378. The summed E-state index contributed by atoms with van der Waals surface area (Å²) in [7, 11) is 3.63. The molecule has 2 heterocycles. The topological polar surface area (TPSA) is 13.1 Å². The zero-order chi connectivity index (χ0) is 9.80. The Morgan fingerprint density at radius 2 is 2.36 bits per heavy atom. The molecule has 0 amide bonds. The van der Waals surface area contributed by atoms with E-state index < -0.39 is 0 Å². The lowest BCUT2D eigenvalue weighted by Crippen LogP contribution is -1.70. The molecule has 0 atom stereocenters. The van der Waals surface area contributed by atoms with Gasteiger partial charge in [-0.1, -0.05) is 21.6 Å². The molecule has 0 aromatic carbocycles. The minimum Gasteiger partial charge on any atom is -0.468 e. The first-order valence-electron chi connectivity index (χ1n) is 4.22. The summed E-state index contributed by atoms with van der Waals surface area (Å²) in [6.45, 7) is 2.15. The highest BCUT2D eigenvalue weighted by Gasteiger charge is 2.01. The van der Waals surface area contributed by atoms with Gasteiger partial charge in [-0.15, -0.1) is 11.3 Å². The molecule has 1 nitrogen and oxygen atoms in total. The summed E-state index contributed by atoms with van der Waals surface area (Å²) in [5.74, 6) is 1.96. The van der Waals surface area contributed by atoms with Crippen molar-refractivity contribution in [2.45, 2.75) is 17.6 Å². The molecule has 0 saturated carbocycles. The lowest BCUT2D eigenvalue weighted by Gasteiger charge is -1.97. The molecule has 0 radical (unpaired) electrons. The Morgan fingerprint density at radius 1 is 1.43 bits per heavy atom. The summed E-state index contributed by atoms with van der Waals surface area (Å²) in [5.41, 5.74) is 0. The molecule has 2 rings (SSSR count).